The Morgan fingerprint density at radius 2 is 1.12 bits per heavy atom. The Morgan fingerprint density at radius 3 is 1.69 bits per heavy atom. The maximum atomic E-state index is 12.2. The molecule has 5 nitrogen and oxygen atoms in total. The number of rotatable bonds is 4. The van der Waals surface area contributed by atoms with Gasteiger partial charge >= 0.3 is 6.03 Å². The molecule has 0 heterocycles. The summed E-state index contributed by atoms with van der Waals surface area (Å²) in [6.07, 6.45) is 0. The van der Waals surface area contributed by atoms with Crippen molar-refractivity contribution >= 4 is 44.9 Å². The van der Waals surface area contributed by atoms with Crippen molar-refractivity contribution in [3.8, 4) is 0 Å². The molecule has 0 spiro atoms. The highest BCUT2D eigenvalue weighted by molar-refractivity contribution is 9.10. The van der Waals surface area contributed by atoms with Gasteiger partial charge in [-0.25, -0.2) is 4.79 Å². The van der Waals surface area contributed by atoms with Crippen molar-refractivity contribution in [3.63, 3.8) is 0 Å². The third-order valence-electron chi connectivity index (χ3n) is 3.54. The Labute approximate surface area is 159 Å². The molecule has 6 heteroatoms. The van der Waals surface area contributed by atoms with Gasteiger partial charge in [-0.05, 0) is 60.7 Å². The van der Waals surface area contributed by atoms with E-state index in [0.717, 1.165) is 4.47 Å². The maximum Gasteiger partial charge on any atom is 0.323 e. The van der Waals surface area contributed by atoms with Crippen LogP contribution < -0.4 is 16.0 Å². The second-order valence-corrected chi connectivity index (χ2v) is 6.40. The van der Waals surface area contributed by atoms with E-state index in [1.165, 1.54) is 0 Å². The lowest BCUT2D eigenvalue weighted by Crippen LogP contribution is -2.19. The van der Waals surface area contributed by atoms with E-state index >= 15 is 0 Å². The number of nitrogens with one attached hydrogen (secondary N) is 3. The van der Waals surface area contributed by atoms with Gasteiger partial charge in [-0.1, -0.05) is 34.1 Å². The van der Waals surface area contributed by atoms with Crippen LogP contribution >= 0.6 is 15.9 Å². The van der Waals surface area contributed by atoms with Gasteiger partial charge in [0.25, 0.3) is 5.91 Å². The Bertz CT molecular complexity index is 895. The highest BCUT2D eigenvalue weighted by atomic mass is 79.9. The highest BCUT2D eigenvalue weighted by Gasteiger charge is 2.06. The van der Waals surface area contributed by atoms with E-state index < -0.39 is 0 Å². The standard InChI is InChI=1S/C20H16BrN3O2/c21-15-8-6-14(7-9-15)19(25)22-17-10-12-18(13-11-17)24-20(26)23-16-4-2-1-3-5-16/h1-13H,(H,22,25)(H2,23,24,26). The van der Waals surface area contributed by atoms with E-state index in [2.05, 4.69) is 31.9 Å². The minimum absolute atomic E-state index is 0.194. The molecule has 3 aromatic rings. The summed E-state index contributed by atoms with van der Waals surface area (Å²) < 4.78 is 0.915. The molecule has 3 amide bonds. The summed E-state index contributed by atoms with van der Waals surface area (Å²) in [4.78, 5) is 24.1. The van der Waals surface area contributed by atoms with Gasteiger partial charge < -0.3 is 16.0 Å². The lowest BCUT2D eigenvalue weighted by Gasteiger charge is -2.09. The number of benzene rings is 3. The predicted molar refractivity (Wildman–Crippen MR) is 108 cm³/mol. The molecule has 0 saturated heterocycles. The molecule has 0 fully saturated rings. The van der Waals surface area contributed by atoms with Crippen molar-refractivity contribution in [1.82, 2.24) is 0 Å². The van der Waals surface area contributed by atoms with Crippen LogP contribution in [0.25, 0.3) is 0 Å². The van der Waals surface area contributed by atoms with Crippen molar-refractivity contribution in [2.75, 3.05) is 16.0 Å². The Kier molecular flexibility index (Phi) is 5.66. The number of halogens is 1. The average Bonchev–Trinajstić information content (AvgIpc) is 2.64. The van der Waals surface area contributed by atoms with Crippen molar-refractivity contribution in [2.45, 2.75) is 0 Å². The highest BCUT2D eigenvalue weighted by Crippen LogP contribution is 2.16. The van der Waals surface area contributed by atoms with Gasteiger partial charge in [0.2, 0.25) is 0 Å². The molecule has 0 aliphatic carbocycles. The lowest BCUT2D eigenvalue weighted by molar-refractivity contribution is 0.102. The Hall–Kier alpha value is -3.12. The van der Waals surface area contributed by atoms with Crippen LogP contribution in [0.3, 0.4) is 0 Å². The molecular formula is C20H16BrN3O2. The number of anilines is 3. The van der Waals surface area contributed by atoms with Crippen LogP contribution in [0.2, 0.25) is 0 Å². The summed E-state index contributed by atoms with van der Waals surface area (Å²) in [5, 5.41) is 8.30. The number of para-hydroxylation sites is 1. The molecule has 3 rings (SSSR count). The third-order valence-corrected chi connectivity index (χ3v) is 4.07. The number of carbonyl (C=O) groups is 2. The molecule has 130 valence electrons. The quantitative estimate of drug-likeness (QED) is 0.543. The zero-order chi connectivity index (χ0) is 18.4. The summed E-state index contributed by atoms with van der Waals surface area (Å²) in [5.41, 5.74) is 2.55. The van der Waals surface area contributed by atoms with E-state index in [1.54, 1.807) is 48.5 Å². The van der Waals surface area contributed by atoms with Gasteiger partial charge in [0.15, 0.2) is 0 Å². The molecule has 3 aromatic carbocycles. The van der Waals surface area contributed by atoms with E-state index in [9.17, 15) is 9.59 Å². The van der Waals surface area contributed by atoms with Crippen LogP contribution in [0.5, 0.6) is 0 Å². The second kappa shape index (κ2) is 8.31. The first-order valence-electron chi connectivity index (χ1n) is 7.90. The fourth-order valence-electron chi connectivity index (χ4n) is 2.26. The molecule has 0 aliphatic rings. The molecule has 26 heavy (non-hydrogen) atoms. The van der Waals surface area contributed by atoms with E-state index in [4.69, 9.17) is 0 Å². The van der Waals surface area contributed by atoms with Crippen LogP contribution in [0.4, 0.5) is 21.9 Å². The van der Waals surface area contributed by atoms with Crippen LogP contribution in [-0.2, 0) is 0 Å². The van der Waals surface area contributed by atoms with Crippen molar-refractivity contribution < 1.29 is 9.59 Å². The van der Waals surface area contributed by atoms with E-state index in [0.29, 0.717) is 22.6 Å². The average molecular weight is 410 g/mol. The summed E-state index contributed by atoms with van der Waals surface area (Å²) in [7, 11) is 0. The molecule has 0 bridgehead atoms. The number of hydrogen-bond donors (Lipinski definition) is 3. The molecule has 0 radical (unpaired) electrons. The largest absolute Gasteiger partial charge is 0.323 e. The smallest absolute Gasteiger partial charge is 0.322 e. The third kappa shape index (κ3) is 4.94. The number of hydrogen-bond acceptors (Lipinski definition) is 2. The second-order valence-electron chi connectivity index (χ2n) is 5.48. The van der Waals surface area contributed by atoms with Crippen molar-refractivity contribution in [1.29, 1.82) is 0 Å². The molecular weight excluding hydrogens is 394 g/mol. The summed E-state index contributed by atoms with van der Waals surface area (Å²) in [6.45, 7) is 0. The molecule has 0 unspecified atom stereocenters. The molecule has 0 aromatic heterocycles. The fraction of sp³-hybridized carbons (Fsp3) is 0. The zero-order valence-corrected chi connectivity index (χ0v) is 15.3. The topological polar surface area (TPSA) is 70.2 Å². The number of carbonyl (C=O) groups excluding carboxylic acids is 2. The zero-order valence-electron chi connectivity index (χ0n) is 13.7. The van der Waals surface area contributed by atoms with Crippen LogP contribution in [0.15, 0.2) is 83.3 Å². The summed E-state index contributed by atoms with van der Waals surface area (Å²) in [5.74, 6) is -0.194. The van der Waals surface area contributed by atoms with Crippen molar-refractivity contribution in [2.24, 2.45) is 0 Å². The summed E-state index contributed by atoms with van der Waals surface area (Å²) >= 11 is 3.34. The van der Waals surface area contributed by atoms with E-state index in [-0.39, 0.29) is 11.9 Å². The first-order valence-corrected chi connectivity index (χ1v) is 8.69. The molecule has 0 saturated carbocycles. The van der Waals surface area contributed by atoms with Gasteiger partial charge in [0.1, 0.15) is 0 Å². The number of urea groups is 1. The minimum atomic E-state index is -0.331. The predicted octanol–water partition coefficient (Wildman–Crippen LogP) is 5.35. The Morgan fingerprint density at radius 1 is 0.615 bits per heavy atom. The van der Waals surface area contributed by atoms with Gasteiger partial charge in [0, 0.05) is 27.1 Å². The summed E-state index contributed by atoms with van der Waals surface area (Å²) in [6, 6.07) is 22.9. The van der Waals surface area contributed by atoms with Crippen LogP contribution in [-0.4, -0.2) is 11.9 Å². The van der Waals surface area contributed by atoms with Gasteiger partial charge in [-0.15, -0.1) is 0 Å². The van der Waals surface area contributed by atoms with Gasteiger partial charge in [-0.3, -0.25) is 4.79 Å². The first kappa shape index (κ1) is 17.7. The molecule has 0 atom stereocenters. The van der Waals surface area contributed by atoms with Crippen LogP contribution in [0.1, 0.15) is 10.4 Å². The molecule has 0 aliphatic heterocycles. The van der Waals surface area contributed by atoms with Gasteiger partial charge in [-0.2, -0.15) is 0 Å². The Balaban J connectivity index is 1.57. The fourth-order valence-corrected chi connectivity index (χ4v) is 2.52. The maximum absolute atomic E-state index is 12.2. The SMILES string of the molecule is O=C(Nc1ccccc1)Nc1ccc(NC(=O)c2ccc(Br)cc2)cc1. The van der Waals surface area contributed by atoms with Crippen molar-refractivity contribution in [3.05, 3.63) is 88.9 Å². The first-order chi connectivity index (χ1) is 12.6. The number of amides is 3. The monoisotopic (exact) mass is 409 g/mol. The van der Waals surface area contributed by atoms with Crippen LogP contribution in [0, 0.1) is 0 Å². The normalized spacial score (nSPS) is 10.0. The van der Waals surface area contributed by atoms with E-state index in [1.807, 2.05) is 30.3 Å². The lowest BCUT2D eigenvalue weighted by atomic mass is 10.2. The minimum Gasteiger partial charge on any atom is -0.322 e. The van der Waals surface area contributed by atoms with Gasteiger partial charge in [0.05, 0.1) is 0 Å². The molecule has 3 N–H and O–H groups in total.